The van der Waals surface area contributed by atoms with Crippen LogP contribution in [0.15, 0.2) is 18.3 Å². The van der Waals surface area contributed by atoms with Crippen molar-refractivity contribution in [3.8, 4) is 0 Å². The summed E-state index contributed by atoms with van der Waals surface area (Å²) in [6.45, 7) is 1.60. The van der Waals surface area contributed by atoms with Crippen LogP contribution in [0, 0.1) is 0 Å². The largest absolute Gasteiger partial charge is 0.381 e. The van der Waals surface area contributed by atoms with Gasteiger partial charge in [0.15, 0.2) is 5.65 Å². The standard InChI is InChI=1S/C11H12ClN3O/c12-10-2-1-8-7-13-15(11(8)14-10)9-3-5-16-6-4-9/h1-2,7,9H,3-6H2. The molecule has 1 fully saturated rings. The van der Waals surface area contributed by atoms with Crippen LogP contribution in [0.25, 0.3) is 11.0 Å². The van der Waals surface area contributed by atoms with Crippen molar-refractivity contribution >= 4 is 22.6 Å². The van der Waals surface area contributed by atoms with Crippen LogP contribution in [-0.4, -0.2) is 28.0 Å². The molecule has 0 saturated carbocycles. The van der Waals surface area contributed by atoms with Crippen LogP contribution >= 0.6 is 11.6 Å². The minimum absolute atomic E-state index is 0.386. The number of hydrogen-bond donors (Lipinski definition) is 0. The Balaban J connectivity index is 2.05. The number of pyridine rings is 1. The summed E-state index contributed by atoms with van der Waals surface area (Å²) in [6, 6.07) is 4.13. The van der Waals surface area contributed by atoms with Gasteiger partial charge in [-0.25, -0.2) is 9.67 Å². The fraction of sp³-hybridized carbons (Fsp3) is 0.455. The summed E-state index contributed by atoms with van der Waals surface area (Å²) in [5.41, 5.74) is 0.874. The van der Waals surface area contributed by atoms with Gasteiger partial charge < -0.3 is 4.74 Å². The fourth-order valence-corrected chi connectivity index (χ4v) is 2.24. The Bertz CT molecular complexity index is 505. The van der Waals surface area contributed by atoms with E-state index in [1.165, 1.54) is 0 Å². The van der Waals surface area contributed by atoms with Crippen LogP contribution in [0.2, 0.25) is 5.15 Å². The molecule has 2 aromatic rings. The molecule has 3 rings (SSSR count). The molecule has 1 aliphatic rings. The Kier molecular flexibility index (Phi) is 2.53. The summed E-state index contributed by atoms with van der Waals surface area (Å²) in [7, 11) is 0. The Hall–Kier alpha value is -1.13. The molecule has 0 radical (unpaired) electrons. The highest BCUT2D eigenvalue weighted by Crippen LogP contribution is 2.24. The minimum Gasteiger partial charge on any atom is -0.381 e. The van der Waals surface area contributed by atoms with Gasteiger partial charge in [0.2, 0.25) is 0 Å². The molecule has 0 bridgehead atoms. The molecule has 5 heteroatoms. The maximum absolute atomic E-state index is 5.91. The Morgan fingerprint density at radius 2 is 2.12 bits per heavy atom. The SMILES string of the molecule is Clc1ccc2cnn(C3CCOCC3)c2n1. The van der Waals surface area contributed by atoms with Crippen molar-refractivity contribution in [1.82, 2.24) is 14.8 Å². The van der Waals surface area contributed by atoms with E-state index in [1.54, 1.807) is 6.07 Å². The highest BCUT2D eigenvalue weighted by atomic mass is 35.5. The molecule has 3 heterocycles. The van der Waals surface area contributed by atoms with Crippen LogP contribution in [0.3, 0.4) is 0 Å². The summed E-state index contributed by atoms with van der Waals surface area (Å²) in [5.74, 6) is 0. The normalized spacial score (nSPS) is 18.1. The number of rotatable bonds is 1. The molecule has 0 aliphatic carbocycles. The Labute approximate surface area is 98.2 Å². The predicted molar refractivity (Wildman–Crippen MR) is 61.6 cm³/mol. The van der Waals surface area contributed by atoms with Crippen molar-refractivity contribution in [3.63, 3.8) is 0 Å². The second kappa shape index (κ2) is 4.03. The molecular weight excluding hydrogens is 226 g/mol. The quantitative estimate of drug-likeness (QED) is 0.716. The predicted octanol–water partition coefficient (Wildman–Crippen LogP) is 2.44. The van der Waals surface area contributed by atoms with E-state index in [0.29, 0.717) is 11.2 Å². The third kappa shape index (κ3) is 1.68. The molecule has 0 N–H and O–H groups in total. The molecule has 0 atom stereocenters. The van der Waals surface area contributed by atoms with Gasteiger partial charge in [-0.2, -0.15) is 5.10 Å². The summed E-state index contributed by atoms with van der Waals surface area (Å²) in [4.78, 5) is 4.34. The molecule has 0 unspecified atom stereocenters. The van der Waals surface area contributed by atoms with E-state index in [2.05, 4.69) is 10.1 Å². The van der Waals surface area contributed by atoms with E-state index < -0.39 is 0 Å². The van der Waals surface area contributed by atoms with E-state index in [0.717, 1.165) is 37.1 Å². The van der Waals surface area contributed by atoms with Gasteiger partial charge in [0.1, 0.15) is 5.15 Å². The van der Waals surface area contributed by atoms with E-state index in [4.69, 9.17) is 16.3 Å². The number of fused-ring (bicyclic) bond motifs is 1. The molecule has 16 heavy (non-hydrogen) atoms. The monoisotopic (exact) mass is 237 g/mol. The maximum atomic E-state index is 5.91. The summed E-state index contributed by atoms with van der Waals surface area (Å²) in [5, 5.41) is 5.95. The first-order valence-electron chi connectivity index (χ1n) is 5.42. The zero-order valence-electron chi connectivity index (χ0n) is 8.77. The number of nitrogens with zero attached hydrogens (tertiary/aromatic N) is 3. The first kappa shape index (κ1) is 10.1. The van der Waals surface area contributed by atoms with E-state index in [9.17, 15) is 0 Å². The van der Waals surface area contributed by atoms with Gasteiger partial charge in [0.05, 0.1) is 12.2 Å². The molecule has 0 spiro atoms. The fourth-order valence-electron chi connectivity index (χ4n) is 2.10. The van der Waals surface area contributed by atoms with Gasteiger partial charge >= 0.3 is 0 Å². The Morgan fingerprint density at radius 1 is 1.31 bits per heavy atom. The maximum Gasteiger partial charge on any atom is 0.159 e. The molecule has 1 saturated heterocycles. The van der Waals surface area contributed by atoms with Gasteiger partial charge in [-0.05, 0) is 25.0 Å². The second-order valence-electron chi connectivity index (χ2n) is 3.98. The van der Waals surface area contributed by atoms with Crippen molar-refractivity contribution in [3.05, 3.63) is 23.5 Å². The summed E-state index contributed by atoms with van der Waals surface area (Å²) >= 11 is 5.91. The van der Waals surface area contributed by atoms with Crippen molar-refractivity contribution in [2.45, 2.75) is 18.9 Å². The van der Waals surface area contributed by atoms with Crippen molar-refractivity contribution < 1.29 is 4.74 Å². The van der Waals surface area contributed by atoms with E-state index >= 15 is 0 Å². The highest BCUT2D eigenvalue weighted by Gasteiger charge is 2.18. The average molecular weight is 238 g/mol. The average Bonchev–Trinajstić information content (AvgIpc) is 2.73. The summed E-state index contributed by atoms with van der Waals surface area (Å²) < 4.78 is 7.32. The zero-order chi connectivity index (χ0) is 11.0. The number of halogens is 1. The first-order valence-corrected chi connectivity index (χ1v) is 5.80. The van der Waals surface area contributed by atoms with Crippen LogP contribution in [0.1, 0.15) is 18.9 Å². The van der Waals surface area contributed by atoms with Gasteiger partial charge in [-0.15, -0.1) is 0 Å². The van der Waals surface area contributed by atoms with Crippen molar-refractivity contribution in [2.24, 2.45) is 0 Å². The lowest BCUT2D eigenvalue weighted by molar-refractivity contribution is 0.0673. The molecule has 0 aromatic carbocycles. The lowest BCUT2D eigenvalue weighted by Crippen LogP contribution is -2.20. The second-order valence-corrected chi connectivity index (χ2v) is 4.37. The molecule has 0 amide bonds. The lowest BCUT2D eigenvalue weighted by Gasteiger charge is -2.22. The van der Waals surface area contributed by atoms with Crippen LogP contribution in [-0.2, 0) is 4.74 Å². The number of hydrogen-bond acceptors (Lipinski definition) is 3. The number of ether oxygens (including phenoxy) is 1. The zero-order valence-corrected chi connectivity index (χ0v) is 9.52. The minimum atomic E-state index is 0.386. The highest BCUT2D eigenvalue weighted by molar-refractivity contribution is 6.29. The van der Waals surface area contributed by atoms with E-state index in [-0.39, 0.29) is 0 Å². The first-order chi connectivity index (χ1) is 7.84. The van der Waals surface area contributed by atoms with Gasteiger partial charge in [-0.1, -0.05) is 11.6 Å². The van der Waals surface area contributed by atoms with E-state index in [1.807, 2.05) is 16.9 Å². The number of aromatic nitrogens is 3. The third-order valence-corrected chi connectivity index (χ3v) is 3.16. The van der Waals surface area contributed by atoms with Crippen molar-refractivity contribution in [2.75, 3.05) is 13.2 Å². The van der Waals surface area contributed by atoms with Gasteiger partial charge in [-0.3, -0.25) is 0 Å². The van der Waals surface area contributed by atoms with Gasteiger partial charge in [0, 0.05) is 18.6 Å². The van der Waals surface area contributed by atoms with Crippen molar-refractivity contribution in [1.29, 1.82) is 0 Å². The van der Waals surface area contributed by atoms with Crippen LogP contribution in [0.4, 0.5) is 0 Å². The van der Waals surface area contributed by atoms with Gasteiger partial charge in [0.25, 0.3) is 0 Å². The molecule has 4 nitrogen and oxygen atoms in total. The molecule has 2 aromatic heterocycles. The van der Waals surface area contributed by atoms with Crippen LogP contribution in [0.5, 0.6) is 0 Å². The lowest BCUT2D eigenvalue weighted by atomic mass is 10.1. The molecule has 1 aliphatic heterocycles. The van der Waals surface area contributed by atoms with Crippen LogP contribution < -0.4 is 0 Å². The Morgan fingerprint density at radius 3 is 2.94 bits per heavy atom. The molecular formula is C11H12ClN3O. The summed E-state index contributed by atoms with van der Waals surface area (Å²) in [6.07, 6.45) is 3.82. The third-order valence-electron chi connectivity index (χ3n) is 2.95. The topological polar surface area (TPSA) is 39.9 Å². The smallest absolute Gasteiger partial charge is 0.159 e. The molecule has 84 valence electrons.